The van der Waals surface area contributed by atoms with E-state index in [1.54, 1.807) is 23.5 Å². The standard InChI is InChI=1S/C11H7Cl2N3S/c12-7-3-9-10(4-8(7)13)16(11(14)15-9)6-1-2-17-5-6/h1-5H,(H2,14,15). The van der Waals surface area contributed by atoms with Gasteiger partial charge < -0.3 is 5.73 Å². The topological polar surface area (TPSA) is 43.8 Å². The molecule has 0 aliphatic heterocycles. The van der Waals surface area contributed by atoms with Crippen LogP contribution in [0.2, 0.25) is 10.0 Å². The van der Waals surface area contributed by atoms with Gasteiger partial charge in [0.2, 0.25) is 5.95 Å². The molecule has 0 aliphatic rings. The molecule has 17 heavy (non-hydrogen) atoms. The average Bonchev–Trinajstić information content (AvgIpc) is 2.86. The summed E-state index contributed by atoms with van der Waals surface area (Å²) in [5, 5.41) is 4.96. The highest BCUT2D eigenvalue weighted by Gasteiger charge is 2.12. The molecule has 6 heteroatoms. The zero-order chi connectivity index (χ0) is 12.0. The number of hydrogen-bond acceptors (Lipinski definition) is 3. The quantitative estimate of drug-likeness (QED) is 0.734. The number of nitrogens with zero attached hydrogens (tertiary/aromatic N) is 2. The zero-order valence-electron chi connectivity index (χ0n) is 8.52. The third kappa shape index (κ3) is 1.69. The summed E-state index contributed by atoms with van der Waals surface area (Å²) in [6.07, 6.45) is 0. The number of fused-ring (bicyclic) bond motifs is 1. The first-order valence-electron chi connectivity index (χ1n) is 4.82. The van der Waals surface area contributed by atoms with Crippen LogP contribution in [0, 0.1) is 0 Å². The maximum atomic E-state index is 6.02. The summed E-state index contributed by atoms with van der Waals surface area (Å²) in [7, 11) is 0. The fourth-order valence-corrected chi connectivity index (χ4v) is 2.68. The van der Waals surface area contributed by atoms with E-state index in [1.165, 1.54) is 0 Å². The van der Waals surface area contributed by atoms with E-state index in [0.29, 0.717) is 16.0 Å². The van der Waals surface area contributed by atoms with Gasteiger partial charge in [-0.1, -0.05) is 23.2 Å². The molecule has 3 aromatic rings. The Hall–Kier alpha value is -1.23. The summed E-state index contributed by atoms with van der Waals surface area (Å²) in [6.45, 7) is 0. The van der Waals surface area contributed by atoms with Crippen LogP contribution < -0.4 is 5.73 Å². The number of benzene rings is 1. The lowest BCUT2D eigenvalue weighted by molar-refractivity contribution is 1.12. The number of halogens is 2. The van der Waals surface area contributed by atoms with E-state index in [4.69, 9.17) is 28.9 Å². The van der Waals surface area contributed by atoms with Gasteiger partial charge >= 0.3 is 0 Å². The van der Waals surface area contributed by atoms with Crippen LogP contribution in [0.4, 0.5) is 5.95 Å². The van der Waals surface area contributed by atoms with Crippen molar-refractivity contribution in [1.29, 1.82) is 0 Å². The van der Waals surface area contributed by atoms with Gasteiger partial charge in [-0.3, -0.25) is 4.57 Å². The fourth-order valence-electron chi connectivity index (χ4n) is 1.75. The van der Waals surface area contributed by atoms with Gasteiger partial charge in [-0.05, 0) is 23.6 Å². The zero-order valence-corrected chi connectivity index (χ0v) is 10.9. The number of nitrogens with two attached hydrogens (primary N) is 1. The number of thiophene rings is 1. The van der Waals surface area contributed by atoms with E-state index < -0.39 is 0 Å². The molecule has 2 heterocycles. The van der Waals surface area contributed by atoms with Gasteiger partial charge in [-0.2, -0.15) is 11.3 Å². The van der Waals surface area contributed by atoms with Crippen LogP contribution in [-0.4, -0.2) is 9.55 Å². The predicted octanol–water partition coefficient (Wildman–Crippen LogP) is 3.98. The molecule has 0 spiro atoms. The van der Waals surface area contributed by atoms with Gasteiger partial charge in [0.05, 0.1) is 26.8 Å². The molecule has 0 atom stereocenters. The van der Waals surface area contributed by atoms with Crippen molar-refractivity contribution < 1.29 is 0 Å². The molecule has 0 fully saturated rings. The molecule has 1 aromatic carbocycles. The first kappa shape index (κ1) is 10.9. The van der Waals surface area contributed by atoms with Crippen LogP contribution in [0.3, 0.4) is 0 Å². The molecule has 0 saturated heterocycles. The first-order valence-corrected chi connectivity index (χ1v) is 6.52. The van der Waals surface area contributed by atoms with Crippen molar-refractivity contribution in [2.24, 2.45) is 0 Å². The van der Waals surface area contributed by atoms with Gasteiger partial charge in [0.15, 0.2) is 0 Å². The summed E-state index contributed by atoms with van der Waals surface area (Å²) in [6, 6.07) is 5.48. The highest BCUT2D eigenvalue weighted by Crippen LogP contribution is 2.31. The molecular weight excluding hydrogens is 277 g/mol. The van der Waals surface area contributed by atoms with Gasteiger partial charge in [0, 0.05) is 5.38 Å². The van der Waals surface area contributed by atoms with E-state index in [9.17, 15) is 0 Å². The van der Waals surface area contributed by atoms with E-state index in [0.717, 1.165) is 16.7 Å². The minimum Gasteiger partial charge on any atom is -0.369 e. The van der Waals surface area contributed by atoms with Crippen molar-refractivity contribution in [3.8, 4) is 5.69 Å². The monoisotopic (exact) mass is 283 g/mol. The number of aromatic nitrogens is 2. The molecule has 2 N–H and O–H groups in total. The Morgan fingerprint density at radius 3 is 2.71 bits per heavy atom. The van der Waals surface area contributed by atoms with Crippen molar-refractivity contribution in [3.63, 3.8) is 0 Å². The molecule has 0 radical (unpaired) electrons. The van der Waals surface area contributed by atoms with E-state index in [1.807, 2.05) is 21.4 Å². The lowest BCUT2D eigenvalue weighted by atomic mass is 10.3. The van der Waals surface area contributed by atoms with E-state index in [-0.39, 0.29) is 0 Å². The maximum Gasteiger partial charge on any atom is 0.205 e. The first-order chi connectivity index (χ1) is 8.16. The molecule has 86 valence electrons. The van der Waals surface area contributed by atoms with Gasteiger partial charge in [0.1, 0.15) is 0 Å². The molecule has 3 rings (SSSR count). The van der Waals surface area contributed by atoms with Crippen molar-refractivity contribution in [3.05, 3.63) is 39.0 Å². The third-order valence-corrected chi connectivity index (χ3v) is 3.88. The normalized spacial score (nSPS) is 11.2. The summed E-state index contributed by atoms with van der Waals surface area (Å²) in [4.78, 5) is 4.27. The predicted molar refractivity (Wildman–Crippen MR) is 73.4 cm³/mol. The Kier molecular flexibility index (Phi) is 2.50. The Labute approximate surface area is 111 Å². The highest BCUT2D eigenvalue weighted by atomic mass is 35.5. The van der Waals surface area contributed by atoms with Crippen LogP contribution in [0.15, 0.2) is 29.0 Å². The minimum atomic E-state index is 0.428. The summed E-state index contributed by atoms with van der Waals surface area (Å²) < 4.78 is 1.86. The van der Waals surface area contributed by atoms with Crippen molar-refractivity contribution >= 4 is 51.5 Å². The smallest absolute Gasteiger partial charge is 0.205 e. The number of imidazole rings is 1. The van der Waals surface area contributed by atoms with E-state index in [2.05, 4.69) is 4.98 Å². The summed E-state index contributed by atoms with van der Waals surface area (Å²) >= 11 is 13.6. The molecule has 0 bridgehead atoms. The number of rotatable bonds is 1. The van der Waals surface area contributed by atoms with Gasteiger partial charge in [-0.15, -0.1) is 0 Å². The van der Waals surface area contributed by atoms with E-state index >= 15 is 0 Å². The second-order valence-electron chi connectivity index (χ2n) is 3.54. The van der Waals surface area contributed by atoms with Crippen LogP contribution in [0.25, 0.3) is 16.7 Å². The minimum absolute atomic E-state index is 0.428. The third-order valence-electron chi connectivity index (χ3n) is 2.49. The number of hydrogen-bond donors (Lipinski definition) is 1. The Balaban J connectivity index is 2.38. The lowest BCUT2D eigenvalue weighted by Crippen LogP contribution is -1.98. The second kappa shape index (κ2) is 3.91. The highest BCUT2D eigenvalue weighted by molar-refractivity contribution is 7.08. The average molecular weight is 284 g/mol. The van der Waals surface area contributed by atoms with Gasteiger partial charge in [-0.25, -0.2) is 4.98 Å². The Morgan fingerprint density at radius 2 is 2.00 bits per heavy atom. The molecule has 0 amide bonds. The molecule has 3 nitrogen and oxygen atoms in total. The molecule has 0 aliphatic carbocycles. The van der Waals surface area contributed by atoms with Crippen LogP contribution in [0.1, 0.15) is 0 Å². The number of anilines is 1. The Morgan fingerprint density at radius 1 is 1.24 bits per heavy atom. The largest absolute Gasteiger partial charge is 0.369 e. The molecule has 0 unspecified atom stereocenters. The van der Waals surface area contributed by atoms with Crippen LogP contribution >= 0.6 is 34.5 Å². The van der Waals surface area contributed by atoms with Crippen molar-refractivity contribution in [1.82, 2.24) is 9.55 Å². The molecular formula is C11H7Cl2N3S. The van der Waals surface area contributed by atoms with Crippen molar-refractivity contribution in [2.75, 3.05) is 5.73 Å². The second-order valence-corrected chi connectivity index (χ2v) is 5.14. The lowest BCUT2D eigenvalue weighted by Gasteiger charge is -2.03. The molecule has 2 aromatic heterocycles. The van der Waals surface area contributed by atoms with Gasteiger partial charge in [0.25, 0.3) is 0 Å². The van der Waals surface area contributed by atoms with Crippen molar-refractivity contribution in [2.45, 2.75) is 0 Å². The SMILES string of the molecule is Nc1nc2cc(Cl)c(Cl)cc2n1-c1ccsc1. The van der Waals surface area contributed by atoms with Crippen LogP contribution in [-0.2, 0) is 0 Å². The number of nitrogen functional groups attached to an aromatic ring is 1. The Bertz CT molecular complexity index is 688. The summed E-state index contributed by atoms with van der Waals surface area (Å²) in [5.74, 6) is 0.428. The summed E-state index contributed by atoms with van der Waals surface area (Å²) in [5.41, 5.74) is 8.49. The maximum absolute atomic E-state index is 6.02. The van der Waals surface area contributed by atoms with Crippen LogP contribution in [0.5, 0.6) is 0 Å². The fraction of sp³-hybridized carbons (Fsp3) is 0. The molecule has 0 saturated carbocycles.